The van der Waals surface area contributed by atoms with Crippen LogP contribution in [0.2, 0.25) is 5.15 Å². The van der Waals surface area contributed by atoms with Gasteiger partial charge in [0.15, 0.2) is 6.29 Å². The van der Waals surface area contributed by atoms with Gasteiger partial charge < -0.3 is 4.57 Å². The zero-order chi connectivity index (χ0) is 13.7. The summed E-state index contributed by atoms with van der Waals surface area (Å²) in [6.07, 6.45) is 3.70. The van der Waals surface area contributed by atoms with Crippen molar-refractivity contribution in [1.29, 1.82) is 0 Å². The van der Waals surface area contributed by atoms with Crippen LogP contribution in [0.3, 0.4) is 0 Å². The monoisotopic (exact) mass is 276 g/mol. The normalized spacial score (nSPS) is 10.6. The SMILES string of the molecule is CCCCc1nc(C=O)c(Cl)n1Cc1ccccc1. The standard InChI is InChI=1S/C15H17ClN2O/c1-2-3-9-14-17-13(11-19)15(16)18(14)10-12-7-5-4-6-8-12/h4-8,11H,2-3,9-10H2,1H3. The minimum absolute atomic E-state index is 0.337. The minimum atomic E-state index is 0.337. The number of hydrogen-bond donors (Lipinski definition) is 0. The Hall–Kier alpha value is -1.61. The summed E-state index contributed by atoms with van der Waals surface area (Å²) in [7, 11) is 0. The van der Waals surface area contributed by atoms with Crippen molar-refractivity contribution in [2.45, 2.75) is 32.7 Å². The molecule has 4 heteroatoms. The van der Waals surface area contributed by atoms with E-state index in [-0.39, 0.29) is 0 Å². The molecule has 1 heterocycles. The third-order valence-electron chi connectivity index (χ3n) is 3.06. The summed E-state index contributed by atoms with van der Waals surface area (Å²) in [5.74, 6) is 0.887. The second kappa shape index (κ2) is 6.53. The average Bonchev–Trinajstić information content (AvgIpc) is 2.74. The number of halogens is 1. The van der Waals surface area contributed by atoms with Crippen LogP contribution in [0.4, 0.5) is 0 Å². The summed E-state index contributed by atoms with van der Waals surface area (Å²) < 4.78 is 1.93. The molecular formula is C15H17ClN2O. The molecule has 0 radical (unpaired) electrons. The first-order chi connectivity index (χ1) is 9.26. The predicted molar refractivity (Wildman–Crippen MR) is 76.8 cm³/mol. The van der Waals surface area contributed by atoms with E-state index in [0.717, 1.165) is 36.9 Å². The summed E-state index contributed by atoms with van der Waals surface area (Å²) in [6.45, 7) is 2.78. The van der Waals surface area contributed by atoms with E-state index in [1.165, 1.54) is 0 Å². The number of rotatable bonds is 6. The highest BCUT2D eigenvalue weighted by atomic mass is 35.5. The number of imidazole rings is 1. The lowest BCUT2D eigenvalue weighted by atomic mass is 10.2. The molecule has 0 amide bonds. The van der Waals surface area contributed by atoms with Crippen molar-refractivity contribution in [3.8, 4) is 0 Å². The van der Waals surface area contributed by atoms with Crippen molar-refractivity contribution >= 4 is 17.9 Å². The summed E-state index contributed by atoms with van der Waals surface area (Å²) in [4.78, 5) is 15.3. The molecule has 3 nitrogen and oxygen atoms in total. The molecule has 0 aliphatic rings. The van der Waals surface area contributed by atoms with Gasteiger partial charge in [0.2, 0.25) is 0 Å². The van der Waals surface area contributed by atoms with Crippen LogP contribution in [-0.2, 0) is 13.0 Å². The van der Waals surface area contributed by atoms with E-state index in [9.17, 15) is 4.79 Å². The van der Waals surface area contributed by atoms with Gasteiger partial charge in [0.1, 0.15) is 16.7 Å². The van der Waals surface area contributed by atoms with Crippen LogP contribution in [0.5, 0.6) is 0 Å². The second-order valence-corrected chi connectivity index (χ2v) is 4.86. The molecule has 19 heavy (non-hydrogen) atoms. The van der Waals surface area contributed by atoms with Gasteiger partial charge in [-0.3, -0.25) is 4.79 Å². The molecule has 0 saturated heterocycles. The number of aldehydes is 1. The van der Waals surface area contributed by atoms with Crippen molar-refractivity contribution in [1.82, 2.24) is 9.55 Å². The van der Waals surface area contributed by atoms with E-state index in [1.807, 2.05) is 34.9 Å². The quantitative estimate of drug-likeness (QED) is 0.754. The van der Waals surface area contributed by atoms with Crippen LogP contribution < -0.4 is 0 Å². The van der Waals surface area contributed by atoms with Gasteiger partial charge in [-0.2, -0.15) is 0 Å². The van der Waals surface area contributed by atoms with E-state index in [0.29, 0.717) is 17.4 Å². The van der Waals surface area contributed by atoms with Crippen LogP contribution in [-0.4, -0.2) is 15.8 Å². The molecule has 0 saturated carbocycles. The van der Waals surface area contributed by atoms with Gasteiger partial charge in [0.25, 0.3) is 0 Å². The van der Waals surface area contributed by atoms with Gasteiger partial charge >= 0.3 is 0 Å². The fraction of sp³-hybridized carbons (Fsp3) is 0.333. The van der Waals surface area contributed by atoms with Gasteiger partial charge in [-0.05, 0) is 12.0 Å². The Bertz CT molecular complexity index is 549. The van der Waals surface area contributed by atoms with E-state index >= 15 is 0 Å². The number of aryl methyl sites for hydroxylation is 1. The fourth-order valence-corrected chi connectivity index (χ4v) is 2.27. The molecule has 2 aromatic rings. The molecule has 0 aliphatic carbocycles. The smallest absolute Gasteiger partial charge is 0.171 e. The van der Waals surface area contributed by atoms with Crippen molar-refractivity contribution < 1.29 is 4.79 Å². The number of benzene rings is 1. The Labute approximate surface area is 118 Å². The van der Waals surface area contributed by atoms with Gasteiger partial charge in [0, 0.05) is 6.42 Å². The molecule has 1 aromatic carbocycles. The molecule has 2 rings (SSSR count). The van der Waals surface area contributed by atoms with Crippen LogP contribution >= 0.6 is 11.6 Å². The van der Waals surface area contributed by atoms with Crippen LogP contribution in [0.1, 0.15) is 41.6 Å². The number of carbonyl (C=O) groups excluding carboxylic acids is 1. The largest absolute Gasteiger partial charge is 0.314 e. The maximum Gasteiger partial charge on any atom is 0.171 e. The highest BCUT2D eigenvalue weighted by molar-refractivity contribution is 6.31. The third-order valence-corrected chi connectivity index (χ3v) is 3.46. The zero-order valence-corrected chi connectivity index (χ0v) is 11.7. The molecule has 0 N–H and O–H groups in total. The number of hydrogen-bond acceptors (Lipinski definition) is 2. The maximum absolute atomic E-state index is 11.0. The van der Waals surface area contributed by atoms with Crippen molar-refractivity contribution in [2.75, 3.05) is 0 Å². The Morgan fingerprint density at radius 3 is 2.68 bits per heavy atom. The van der Waals surface area contributed by atoms with Gasteiger partial charge in [0.05, 0.1) is 6.54 Å². The van der Waals surface area contributed by atoms with Gasteiger partial charge in [-0.1, -0.05) is 55.3 Å². The summed E-state index contributed by atoms with van der Waals surface area (Å²) >= 11 is 6.23. The lowest BCUT2D eigenvalue weighted by Crippen LogP contribution is -2.05. The molecular weight excluding hydrogens is 260 g/mol. The number of aromatic nitrogens is 2. The first-order valence-corrected chi connectivity index (χ1v) is 6.88. The maximum atomic E-state index is 11.0. The highest BCUT2D eigenvalue weighted by Crippen LogP contribution is 2.20. The lowest BCUT2D eigenvalue weighted by molar-refractivity contribution is 0.111. The average molecular weight is 277 g/mol. The third kappa shape index (κ3) is 3.24. The molecule has 0 aliphatic heterocycles. The molecule has 0 fully saturated rings. The molecule has 1 aromatic heterocycles. The van der Waals surface area contributed by atoms with Crippen LogP contribution in [0.25, 0.3) is 0 Å². The first kappa shape index (κ1) is 13.8. The summed E-state index contributed by atoms with van der Waals surface area (Å²) in [6, 6.07) is 10.0. The van der Waals surface area contributed by atoms with E-state index in [4.69, 9.17) is 11.6 Å². The molecule has 100 valence electrons. The zero-order valence-electron chi connectivity index (χ0n) is 11.0. The predicted octanol–water partition coefficient (Wildman–Crippen LogP) is 3.74. The molecule has 0 atom stereocenters. The van der Waals surface area contributed by atoms with Crippen molar-refractivity contribution in [2.24, 2.45) is 0 Å². The van der Waals surface area contributed by atoms with Gasteiger partial charge in [-0.25, -0.2) is 4.98 Å². The second-order valence-electron chi connectivity index (χ2n) is 4.50. The lowest BCUT2D eigenvalue weighted by Gasteiger charge is -2.09. The first-order valence-electron chi connectivity index (χ1n) is 6.50. The van der Waals surface area contributed by atoms with Crippen molar-refractivity contribution in [3.05, 3.63) is 52.6 Å². The molecule has 0 spiro atoms. The number of nitrogens with zero attached hydrogens (tertiary/aromatic N) is 2. The van der Waals surface area contributed by atoms with Crippen LogP contribution in [0.15, 0.2) is 30.3 Å². The van der Waals surface area contributed by atoms with E-state index in [2.05, 4.69) is 11.9 Å². The molecule has 0 unspecified atom stereocenters. The fourth-order valence-electron chi connectivity index (χ4n) is 2.02. The summed E-state index contributed by atoms with van der Waals surface area (Å²) in [5, 5.41) is 0.435. The topological polar surface area (TPSA) is 34.9 Å². The van der Waals surface area contributed by atoms with E-state index < -0.39 is 0 Å². The van der Waals surface area contributed by atoms with Crippen molar-refractivity contribution in [3.63, 3.8) is 0 Å². The van der Waals surface area contributed by atoms with E-state index in [1.54, 1.807) is 0 Å². The molecule has 0 bridgehead atoms. The Balaban J connectivity index is 2.31. The van der Waals surface area contributed by atoms with Crippen LogP contribution in [0, 0.1) is 0 Å². The van der Waals surface area contributed by atoms with Gasteiger partial charge in [-0.15, -0.1) is 0 Å². The highest BCUT2D eigenvalue weighted by Gasteiger charge is 2.14. The minimum Gasteiger partial charge on any atom is -0.314 e. The number of unbranched alkanes of at least 4 members (excludes halogenated alkanes) is 1. The number of carbonyl (C=O) groups is 1. The Morgan fingerprint density at radius 1 is 1.32 bits per heavy atom. The summed E-state index contributed by atoms with van der Waals surface area (Å²) in [5.41, 5.74) is 1.49. The Kier molecular flexibility index (Phi) is 4.74. The Morgan fingerprint density at radius 2 is 2.05 bits per heavy atom.